The number of nitrogen functional groups attached to an aromatic ring is 1. The third kappa shape index (κ3) is 4.39. The molecule has 0 atom stereocenters. The lowest BCUT2D eigenvalue weighted by atomic mass is 10.2. The van der Waals surface area contributed by atoms with Gasteiger partial charge in [0.05, 0.1) is 17.8 Å². The van der Waals surface area contributed by atoms with Crippen molar-refractivity contribution in [2.45, 2.75) is 6.61 Å². The van der Waals surface area contributed by atoms with Crippen molar-refractivity contribution in [3.8, 4) is 23.2 Å². The van der Waals surface area contributed by atoms with Crippen LogP contribution < -0.4 is 20.5 Å². The lowest BCUT2D eigenvalue weighted by Crippen LogP contribution is -2.09. The van der Waals surface area contributed by atoms with Gasteiger partial charge in [0.25, 0.3) is 0 Å². The van der Waals surface area contributed by atoms with Crippen LogP contribution in [-0.2, 0) is 6.61 Å². The number of para-hydroxylation sites is 2. The van der Waals surface area contributed by atoms with Gasteiger partial charge in [-0.3, -0.25) is 4.52 Å². The number of ether oxygens (including phenoxy) is 2. The second-order valence-electron chi connectivity index (χ2n) is 5.91. The minimum atomic E-state index is -0.0581. The second-order valence-corrected chi connectivity index (χ2v) is 6.32. The van der Waals surface area contributed by atoms with Gasteiger partial charge in [-0.1, -0.05) is 41.0 Å². The van der Waals surface area contributed by atoms with E-state index in [1.807, 2.05) is 36.4 Å². The Kier molecular flexibility index (Phi) is 5.57. The molecule has 0 aliphatic heterocycles. The summed E-state index contributed by atoms with van der Waals surface area (Å²) in [5.41, 5.74) is 7.10. The van der Waals surface area contributed by atoms with Crippen LogP contribution in [0, 0.1) is 0 Å². The van der Waals surface area contributed by atoms with Gasteiger partial charge in [-0.15, -0.1) is 0 Å². The van der Waals surface area contributed by atoms with Crippen LogP contribution in [0.5, 0.6) is 11.8 Å². The topological polar surface area (TPSA) is 134 Å². The van der Waals surface area contributed by atoms with Crippen molar-refractivity contribution >= 4 is 29.2 Å². The molecule has 2 aromatic carbocycles. The summed E-state index contributed by atoms with van der Waals surface area (Å²) in [6.45, 7) is -0.0581. The molecule has 0 radical (unpaired) electrons. The van der Waals surface area contributed by atoms with Crippen LogP contribution in [0.4, 0.5) is 17.6 Å². The van der Waals surface area contributed by atoms with Crippen molar-refractivity contribution in [1.82, 2.24) is 25.1 Å². The van der Waals surface area contributed by atoms with Gasteiger partial charge in [-0.25, -0.2) is 0 Å². The summed E-state index contributed by atoms with van der Waals surface area (Å²) in [5.74, 6) is 1.49. The van der Waals surface area contributed by atoms with Gasteiger partial charge in [-0.2, -0.15) is 19.9 Å². The number of rotatable bonds is 7. The van der Waals surface area contributed by atoms with Crippen molar-refractivity contribution in [2.24, 2.45) is 0 Å². The first-order valence-corrected chi connectivity index (χ1v) is 9.12. The maximum atomic E-state index is 6.14. The van der Waals surface area contributed by atoms with E-state index in [9.17, 15) is 0 Å². The molecule has 0 bridgehead atoms. The van der Waals surface area contributed by atoms with E-state index in [2.05, 4.69) is 30.4 Å². The standard InChI is InChI=1S/C19H16ClN7O3/c1-28-14-9-5-4-8-13(14)22-18-24-15(23-17(21)26-18)10-29-19-25-16(27-30-19)11-6-2-3-7-12(11)20/h2-9H,10H2,1H3,(H3,21,22,23,24,26). The molecule has 4 rings (SSSR count). The van der Waals surface area contributed by atoms with Crippen LogP contribution in [-0.4, -0.2) is 32.2 Å². The molecule has 0 saturated carbocycles. The molecule has 30 heavy (non-hydrogen) atoms. The predicted octanol–water partition coefficient (Wildman–Crippen LogP) is 3.49. The van der Waals surface area contributed by atoms with E-state index in [-0.39, 0.29) is 30.4 Å². The molecule has 2 aromatic heterocycles. The minimum Gasteiger partial charge on any atom is -0.495 e. The Morgan fingerprint density at radius 3 is 2.67 bits per heavy atom. The molecule has 4 aromatic rings. The van der Waals surface area contributed by atoms with E-state index in [0.717, 1.165) is 0 Å². The van der Waals surface area contributed by atoms with Crippen molar-refractivity contribution in [2.75, 3.05) is 18.2 Å². The summed E-state index contributed by atoms with van der Waals surface area (Å²) in [6, 6.07) is 14.5. The van der Waals surface area contributed by atoms with E-state index >= 15 is 0 Å². The number of anilines is 3. The van der Waals surface area contributed by atoms with Gasteiger partial charge in [0.2, 0.25) is 17.7 Å². The lowest BCUT2D eigenvalue weighted by molar-refractivity contribution is 0.190. The van der Waals surface area contributed by atoms with Crippen molar-refractivity contribution in [3.63, 3.8) is 0 Å². The number of nitrogens with zero attached hydrogens (tertiary/aromatic N) is 5. The Labute approximate surface area is 176 Å². The Morgan fingerprint density at radius 1 is 1.03 bits per heavy atom. The highest BCUT2D eigenvalue weighted by Crippen LogP contribution is 2.27. The number of methoxy groups -OCH3 is 1. The zero-order chi connectivity index (χ0) is 20.9. The molecule has 0 amide bonds. The number of hydrogen-bond donors (Lipinski definition) is 2. The molecule has 11 heteroatoms. The first-order valence-electron chi connectivity index (χ1n) is 8.74. The summed E-state index contributed by atoms with van der Waals surface area (Å²) in [5, 5.41) is 7.42. The summed E-state index contributed by atoms with van der Waals surface area (Å²) >= 11 is 6.14. The molecule has 0 unspecified atom stereocenters. The second kappa shape index (κ2) is 8.62. The number of hydrogen-bond acceptors (Lipinski definition) is 10. The van der Waals surface area contributed by atoms with Crippen molar-refractivity contribution in [1.29, 1.82) is 0 Å². The molecular formula is C19H16ClN7O3. The summed E-state index contributed by atoms with van der Waals surface area (Å²) in [7, 11) is 1.57. The van der Waals surface area contributed by atoms with Gasteiger partial charge in [0, 0.05) is 5.56 Å². The minimum absolute atomic E-state index is 0.0308. The maximum Gasteiger partial charge on any atom is 0.418 e. The van der Waals surface area contributed by atoms with Crippen LogP contribution in [0.25, 0.3) is 11.4 Å². The quantitative estimate of drug-likeness (QED) is 0.453. The van der Waals surface area contributed by atoms with Gasteiger partial charge >= 0.3 is 6.08 Å². The fourth-order valence-corrected chi connectivity index (χ4v) is 2.79. The normalized spacial score (nSPS) is 10.6. The van der Waals surface area contributed by atoms with Crippen LogP contribution in [0.3, 0.4) is 0 Å². The number of benzene rings is 2. The average molecular weight is 426 g/mol. The first kappa shape index (κ1) is 19.4. The fraction of sp³-hybridized carbons (Fsp3) is 0.105. The monoisotopic (exact) mass is 425 g/mol. The largest absolute Gasteiger partial charge is 0.495 e. The molecule has 0 fully saturated rings. The van der Waals surface area contributed by atoms with E-state index in [4.69, 9.17) is 31.3 Å². The molecule has 152 valence electrons. The zero-order valence-corrected chi connectivity index (χ0v) is 16.5. The van der Waals surface area contributed by atoms with Crippen molar-refractivity contribution < 1.29 is 14.0 Å². The SMILES string of the molecule is COc1ccccc1Nc1nc(N)nc(COc2nc(-c3ccccc3Cl)no2)n1. The molecule has 10 nitrogen and oxygen atoms in total. The number of nitrogens with two attached hydrogens (primary N) is 1. The van der Waals surface area contributed by atoms with Crippen LogP contribution >= 0.6 is 11.6 Å². The number of nitrogens with one attached hydrogen (secondary N) is 1. The smallest absolute Gasteiger partial charge is 0.418 e. The Hall–Kier alpha value is -3.92. The van der Waals surface area contributed by atoms with E-state index < -0.39 is 0 Å². The highest BCUT2D eigenvalue weighted by Gasteiger charge is 2.14. The molecule has 0 saturated heterocycles. The Morgan fingerprint density at radius 2 is 1.83 bits per heavy atom. The molecule has 0 aliphatic rings. The van der Waals surface area contributed by atoms with E-state index in [0.29, 0.717) is 27.8 Å². The van der Waals surface area contributed by atoms with Gasteiger partial charge in [-0.05, 0) is 24.3 Å². The number of aromatic nitrogens is 5. The van der Waals surface area contributed by atoms with Crippen molar-refractivity contribution in [3.05, 3.63) is 59.4 Å². The zero-order valence-electron chi connectivity index (χ0n) is 15.7. The molecular weight excluding hydrogens is 410 g/mol. The van der Waals surface area contributed by atoms with Crippen LogP contribution in [0.15, 0.2) is 53.1 Å². The van der Waals surface area contributed by atoms with Crippen LogP contribution in [0.1, 0.15) is 5.82 Å². The highest BCUT2D eigenvalue weighted by molar-refractivity contribution is 6.33. The van der Waals surface area contributed by atoms with E-state index in [1.165, 1.54) is 0 Å². The summed E-state index contributed by atoms with van der Waals surface area (Å²) in [4.78, 5) is 16.6. The molecule has 0 aliphatic carbocycles. The third-order valence-electron chi connectivity index (χ3n) is 3.90. The maximum absolute atomic E-state index is 6.14. The summed E-state index contributed by atoms with van der Waals surface area (Å²) in [6.07, 6.45) is -0.0526. The summed E-state index contributed by atoms with van der Waals surface area (Å²) < 4.78 is 15.9. The number of halogens is 1. The third-order valence-corrected chi connectivity index (χ3v) is 4.23. The average Bonchev–Trinajstić information content (AvgIpc) is 3.21. The molecule has 2 heterocycles. The fourth-order valence-electron chi connectivity index (χ4n) is 2.57. The Bertz CT molecular complexity index is 1170. The van der Waals surface area contributed by atoms with Gasteiger partial charge in [0.15, 0.2) is 12.4 Å². The van der Waals surface area contributed by atoms with E-state index in [1.54, 1.807) is 19.2 Å². The van der Waals surface area contributed by atoms with Crippen LogP contribution in [0.2, 0.25) is 5.02 Å². The molecule has 3 N–H and O–H groups in total. The highest BCUT2D eigenvalue weighted by atomic mass is 35.5. The van der Waals surface area contributed by atoms with Gasteiger partial charge < -0.3 is 20.5 Å². The van der Waals surface area contributed by atoms with Gasteiger partial charge in [0.1, 0.15) is 5.75 Å². The lowest BCUT2D eigenvalue weighted by Gasteiger charge is -2.10. The Balaban J connectivity index is 1.47. The molecule has 0 spiro atoms. The predicted molar refractivity (Wildman–Crippen MR) is 110 cm³/mol. The first-order chi connectivity index (χ1) is 14.6.